The molecule has 0 spiro atoms. The van der Waals surface area contributed by atoms with Gasteiger partial charge in [0.2, 0.25) is 5.91 Å². The van der Waals surface area contributed by atoms with Crippen LogP contribution in [0.4, 0.5) is 11.4 Å². The monoisotopic (exact) mass is 430 g/mol. The molecule has 0 bridgehead atoms. The Morgan fingerprint density at radius 3 is 2.65 bits per heavy atom. The van der Waals surface area contributed by atoms with Crippen LogP contribution in [0.15, 0.2) is 65.1 Å². The van der Waals surface area contributed by atoms with Crippen LogP contribution in [0.5, 0.6) is 0 Å². The third-order valence-electron chi connectivity index (χ3n) is 3.81. The first-order valence-corrected chi connectivity index (χ1v) is 9.77. The fourth-order valence-corrected chi connectivity index (χ4v) is 3.87. The third kappa shape index (κ3) is 4.42. The molecule has 5 nitrogen and oxygen atoms in total. The fourth-order valence-electron chi connectivity index (χ4n) is 2.58. The van der Waals surface area contributed by atoms with Crippen molar-refractivity contribution in [1.29, 1.82) is 0 Å². The van der Waals surface area contributed by atoms with Gasteiger partial charge in [-0.15, -0.1) is 11.8 Å². The maximum atomic E-state index is 12.2. The number of carbonyl (C=O) groups excluding carboxylic acids is 1. The molecule has 3 aromatic carbocycles. The summed E-state index contributed by atoms with van der Waals surface area (Å²) in [4.78, 5) is 22.4. The molecule has 0 heterocycles. The molecule has 1 amide bonds. The van der Waals surface area contributed by atoms with Gasteiger partial charge in [0, 0.05) is 22.4 Å². The smallest absolute Gasteiger partial charge is 0.270 e. The molecule has 0 saturated carbocycles. The summed E-state index contributed by atoms with van der Waals surface area (Å²) < 4.78 is 0.485. The fraction of sp³-hybridized carbons (Fsp3) is 0.105. The summed E-state index contributed by atoms with van der Waals surface area (Å²) in [5, 5.41) is 15.9. The number of hydrogen-bond donors (Lipinski definition) is 1. The van der Waals surface area contributed by atoms with Crippen LogP contribution >= 0.6 is 27.7 Å². The van der Waals surface area contributed by atoms with E-state index >= 15 is 0 Å². The summed E-state index contributed by atoms with van der Waals surface area (Å²) >= 11 is 4.78. The van der Waals surface area contributed by atoms with Gasteiger partial charge in [-0.2, -0.15) is 0 Å². The maximum absolute atomic E-state index is 12.2. The molecule has 3 aromatic rings. The van der Waals surface area contributed by atoms with E-state index in [1.807, 2.05) is 18.2 Å². The predicted molar refractivity (Wildman–Crippen MR) is 110 cm³/mol. The lowest BCUT2D eigenvalue weighted by Crippen LogP contribution is -2.14. The van der Waals surface area contributed by atoms with Gasteiger partial charge in [0.05, 0.1) is 16.4 Å². The van der Waals surface area contributed by atoms with Crippen LogP contribution in [-0.2, 0) is 10.5 Å². The number of hydrogen-bond acceptors (Lipinski definition) is 4. The molecule has 0 fully saturated rings. The van der Waals surface area contributed by atoms with E-state index in [0.29, 0.717) is 15.9 Å². The normalized spacial score (nSPS) is 10.7. The van der Waals surface area contributed by atoms with E-state index in [4.69, 9.17) is 0 Å². The number of non-ortho nitro benzene ring substituents is 1. The van der Waals surface area contributed by atoms with Crippen LogP contribution in [0.25, 0.3) is 10.8 Å². The lowest BCUT2D eigenvalue weighted by Gasteiger charge is -2.08. The molecule has 0 unspecified atom stereocenters. The summed E-state index contributed by atoms with van der Waals surface area (Å²) in [6, 6.07) is 18.6. The third-order valence-corrected chi connectivity index (χ3v) is 5.45. The van der Waals surface area contributed by atoms with Gasteiger partial charge in [-0.25, -0.2) is 0 Å². The maximum Gasteiger partial charge on any atom is 0.270 e. The van der Waals surface area contributed by atoms with Crippen molar-refractivity contribution in [2.24, 2.45) is 0 Å². The molecule has 3 rings (SSSR count). The highest BCUT2D eigenvalue weighted by molar-refractivity contribution is 9.10. The molecule has 26 heavy (non-hydrogen) atoms. The standard InChI is InChI=1S/C19H15BrN2O3S/c20-17-10-15(22(24)25)8-9-18(17)21-19(23)12-26-11-14-6-3-5-13-4-1-2-7-16(13)14/h1-10H,11-12H2,(H,21,23). The van der Waals surface area contributed by atoms with Crippen molar-refractivity contribution in [3.63, 3.8) is 0 Å². The van der Waals surface area contributed by atoms with Crippen LogP contribution in [0.1, 0.15) is 5.56 Å². The van der Waals surface area contributed by atoms with Crippen LogP contribution in [0, 0.1) is 10.1 Å². The van der Waals surface area contributed by atoms with Gasteiger partial charge >= 0.3 is 0 Å². The number of anilines is 1. The van der Waals surface area contributed by atoms with E-state index < -0.39 is 4.92 Å². The Labute approximate surface area is 163 Å². The first kappa shape index (κ1) is 18.4. The average Bonchev–Trinajstić information content (AvgIpc) is 2.63. The Hall–Kier alpha value is -2.38. The SMILES string of the molecule is O=C(CSCc1cccc2ccccc12)Nc1ccc([N+](=O)[O-])cc1Br. The molecule has 0 aliphatic heterocycles. The summed E-state index contributed by atoms with van der Waals surface area (Å²) in [6.45, 7) is 0. The predicted octanol–water partition coefficient (Wildman–Crippen LogP) is 5.38. The quantitative estimate of drug-likeness (QED) is 0.420. The van der Waals surface area contributed by atoms with E-state index in [2.05, 4.69) is 45.5 Å². The van der Waals surface area contributed by atoms with Crippen molar-refractivity contribution in [1.82, 2.24) is 0 Å². The minimum absolute atomic E-state index is 0.0276. The van der Waals surface area contributed by atoms with Gasteiger partial charge in [-0.1, -0.05) is 42.5 Å². The second kappa shape index (κ2) is 8.33. The number of benzene rings is 3. The number of nitro groups is 1. The molecule has 1 N–H and O–H groups in total. The van der Waals surface area contributed by atoms with Crippen LogP contribution in [0.3, 0.4) is 0 Å². The van der Waals surface area contributed by atoms with Crippen LogP contribution < -0.4 is 5.32 Å². The molecule has 0 radical (unpaired) electrons. The van der Waals surface area contributed by atoms with E-state index in [-0.39, 0.29) is 11.6 Å². The van der Waals surface area contributed by atoms with E-state index in [9.17, 15) is 14.9 Å². The molecule has 7 heteroatoms. The van der Waals surface area contributed by atoms with Gasteiger partial charge < -0.3 is 5.32 Å². The largest absolute Gasteiger partial charge is 0.324 e. The molecule has 0 saturated heterocycles. The van der Waals surface area contributed by atoms with E-state index in [1.54, 1.807) is 0 Å². The number of carbonyl (C=O) groups is 1. The summed E-state index contributed by atoms with van der Waals surface area (Å²) in [6.07, 6.45) is 0. The van der Waals surface area contributed by atoms with Crippen molar-refractivity contribution in [3.8, 4) is 0 Å². The highest BCUT2D eigenvalue weighted by Crippen LogP contribution is 2.27. The lowest BCUT2D eigenvalue weighted by molar-refractivity contribution is -0.384. The van der Waals surface area contributed by atoms with Crippen molar-refractivity contribution in [2.75, 3.05) is 11.1 Å². The number of nitro benzene ring substituents is 1. The molecule has 0 aromatic heterocycles. The summed E-state index contributed by atoms with van der Waals surface area (Å²) in [7, 11) is 0. The number of fused-ring (bicyclic) bond motifs is 1. The van der Waals surface area contributed by atoms with Gasteiger partial charge in [0.1, 0.15) is 0 Å². The average molecular weight is 431 g/mol. The summed E-state index contributed by atoms with van der Waals surface area (Å²) in [5.74, 6) is 0.882. The summed E-state index contributed by atoms with van der Waals surface area (Å²) in [5.41, 5.74) is 1.68. The lowest BCUT2D eigenvalue weighted by atomic mass is 10.1. The molecule has 0 atom stereocenters. The first-order valence-electron chi connectivity index (χ1n) is 7.83. The zero-order valence-corrected chi connectivity index (χ0v) is 16.0. The zero-order valence-electron chi connectivity index (χ0n) is 13.6. The zero-order chi connectivity index (χ0) is 18.5. The number of thioether (sulfide) groups is 1. The number of rotatable bonds is 6. The molecular weight excluding hydrogens is 416 g/mol. The number of nitrogens with zero attached hydrogens (tertiary/aromatic N) is 1. The van der Waals surface area contributed by atoms with Gasteiger partial charge in [-0.3, -0.25) is 14.9 Å². The van der Waals surface area contributed by atoms with Crippen molar-refractivity contribution in [2.45, 2.75) is 5.75 Å². The van der Waals surface area contributed by atoms with E-state index in [0.717, 1.165) is 5.75 Å². The Kier molecular flexibility index (Phi) is 5.90. The molecular formula is C19H15BrN2O3S. The van der Waals surface area contributed by atoms with Crippen molar-refractivity contribution in [3.05, 3.63) is 80.8 Å². The van der Waals surface area contributed by atoms with Crippen LogP contribution in [-0.4, -0.2) is 16.6 Å². The van der Waals surface area contributed by atoms with Crippen molar-refractivity contribution < 1.29 is 9.72 Å². The van der Waals surface area contributed by atoms with Crippen molar-refractivity contribution >= 4 is 55.7 Å². The number of nitrogens with one attached hydrogen (secondary N) is 1. The van der Waals surface area contributed by atoms with Gasteiger partial charge in [0.25, 0.3) is 5.69 Å². The van der Waals surface area contributed by atoms with Gasteiger partial charge in [-0.05, 0) is 38.3 Å². The van der Waals surface area contributed by atoms with Crippen LogP contribution in [0.2, 0.25) is 0 Å². The minimum atomic E-state index is -0.476. The highest BCUT2D eigenvalue weighted by Gasteiger charge is 2.11. The van der Waals surface area contributed by atoms with Gasteiger partial charge in [0.15, 0.2) is 0 Å². The minimum Gasteiger partial charge on any atom is -0.324 e. The first-order chi connectivity index (χ1) is 12.5. The Morgan fingerprint density at radius 2 is 1.88 bits per heavy atom. The topological polar surface area (TPSA) is 72.2 Å². The Morgan fingerprint density at radius 1 is 1.12 bits per heavy atom. The number of halogens is 1. The second-order valence-electron chi connectivity index (χ2n) is 5.60. The molecule has 0 aliphatic carbocycles. The Bertz CT molecular complexity index is 973. The second-order valence-corrected chi connectivity index (χ2v) is 7.44. The number of amides is 1. The molecule has 132 valence electrons. The Balaban J connectivity index is 1.58. The molecule has 0 aliphatic rings. The highest BCUT2D eigenvalue weighted by atomic mass is 79.9. The van der Waals surface area contributed by atoms with E-state index in [1.165, 1.54) is 46.3 Å².